The molecule has 0 saturated carbocycles. The third-order valence-corrected chi connectivity index (χ3v) is 3.32. The Bertz CT molecular complexity index is 686. The van der Waals surface area contributed by atoms with Crippen LogP contribution in [-0.4, -0.2) is 6.21 Å². The second-order valence-electron chi connectivity index (χ2n) is 5.00. The van der Waals surface area contributed by atoms with Crippen LogP contribution < -0.4 is 0 Å². The summed E-state index contributed by atoms with van der Waals surface area (Å²) in [6.45, 7) is 0. The van der Waals surface area contributed by atoms with E-state index in [0.29, 0.717) is 0 Å². The van der Waals surface area contributed by atoms with Crippen LogP contribution in [0, 0.1) is 0 Å². The number of hydrogen-bond donors (Lipinski definition) is 0. The van der Waals surface area contributed by atoms with Crippen molar-refractivity contribution in [3.05, 3.63) is 102 Å². The third kappa shape index (κ3) is 4.03. The molecule has 3 rings (SSSR count). The smallest absolute Gasteiger partial charge is 0.0630 e. The Morgan fingerprint density at radius 3 is 1.59 bits per heavy atom. The van der Waals surface area contributed by atoms with Gasteiger partial charge >= 0.3 is 0 Å². The summed E-state index contributed by atoms with van der Waals surface area (Å²) in [6, 6.07) is 28.6. The van der Waals surface area contributed by atoms with E-state index >= 15 is 0 Å². The van der Waals surface area contributed by atoms with Gasteiger partial charge in [0.1, 0.15) is 0 Å². The molecule has 3 aromatic carbocycles. The average molecular weight is 283 g/mol. The number of hydrogen-bond acceptors (Lipinski definition) is 1. The van der Waals surface area contributed by atoms with Crippen molar-refractivity contribution in [1.29, 1.82) is 0 Å². The molecule has 0 aliphatic rings. The van der Waals surface area contributed by atoms with E-state index in [-0.39, 0.29) is 0 Å². The van der Waals surface area contributed by atoms with Crippen molar-refractivity contribution in [2.24, 2.45) is 4.99 Å². The Hall–Kier alpha value is -2.93. The van der Waals surface area contributed by atoms with Gasteiger partial charge in [-0.05, 0) is 28.8 Å². The summed E-state index contributed by atoms with van der Waals surface area (Å²) in [6.07, 6.45) is 6.11. The predicted molar refractivity (Wildman–Crippen MR) is 95.5 cm³/mol. The van der Waals surface area contributed by atoms with Crippen molar-refractivity contribution in [3.8, 4) is 0 Å². The van der Waals surface area contributed by atoms with Crippen molar-refractivity contribution in [1.82, 2.24) is 0 Å². The molecular weight excluding hydrogens is 266 g/mol. The second kappa shape index (κ2) is 7.19. The Morgan fingerprint density at radius 2 is 1.00 bits per heavy atom. The predicted octanol–water partition coefficient (Wildman–Crippen LogP) is 5.61. The minimum atomic E-state index is 0.959. The van der Waals surface area contributed by atoms with Crippen LogP contribution in [0.25, 0.3) is 12.2 Å². The first-order valence-corrected chi connectivity index (χ1v) is 7.32. The molecule has 106 valence electrons. The molecule has 0 fully saturated rings. The maximum Gasteiger partial charge on any atom is 0.0630 e. The lowest BCUT2D eigenvalue weighted by Gasteiger charge is -1.97. The Kier molecular flexibility index (Phi) is 4.58. The molecule has 0 spiro atoms. The first-order chi connectivity index (χ1) is 10.9. The number of nitrogens with zero attached hydrogens (tertiary/aromatic N) is 1. The number of aliphatic imine (C=N–C) groups is 1. The molecule has 0 saturated heterocycles. The summed E-state index contributed by atoms with van der Waals surface area (Å²) >= 11 is 0. The molecule has 0 radical (unpaired) electrons. The normalized spacial score (nSPS) is 11.3. The van der Waals surface area contributed by atoms with E-state index in [0.717, 1.165) is 11.3 Å². The largest absolute Gasteiger partial charge is 0.256 e. The van der Waals surface area contributed by atoms with Crippen LogP contribution in [0.2, 0.25) is 0 Å². The molecule has 1 heteroatoms. The fourth-order valence-corrected chi connectivity index (χ4v) is 2.12. The molecule has 3 aromatic rings. The van der Waals surface area contributed by atoms with Crippen LogP contribution in [0.3, 0.4) is 0 Å². The minimum absolute atomic E-state index is 0.959. The first kappa shape index (κ1) is 14.0. The van der Waals surface area contributed by atoms with Crippen molar-refractivity contribution < 1.29 is 0 Å². The molecule has 1 nitrogen and oxygen atoms in total. The molecule has 0 N–H and O–H groups in total. The van der Waals surface area contributed by atoms with E-state index in [1.807, 2.05) is 66.9 Å². The summed E-state index contributed by atoms with van der Waals surface area (Å²) in [4.78, 5) is 4.49. The van der Waals surface area contributed by atoms with E-state index in [1.165, 1.54) is 11.1 Å². The molecule has 0 atom stereocenters. The van der Waals surface area contributed by atoms with Crippen LogP contribution in [0.4, 0.5) is 5.69 Å². The fraction of sp³-hybridized carbons (Fsp3) is 0. The standard InChI is InChI=1S/C21H17N/c1-3-7-18(8-4-1)11-12-19-13-15-21(16-14-19)22-17-20-9-5-2-6-10-20/h1-17H. The van der Waals surface area contributed by atoms with Gasteiger partial charge in [-0.15, -0.1) is 0 Å². The fourth-order valence-electron chi connectivity index (χ4n) is 2.12. The maximum atomic E-state index is 4.49. The minimum Gasteiger partial charge on any atom is -0.256 e. The van der Waals surface area contributed by atoms with Gasteiger partial charge in [0.25, 0.3) is 0 Å². The maximum absolute atomic E-state index is 4.49. The monoisotopic (exact) mass is 283 g/mol. The molecule has 22 heavy (non-hydrogen) atoms. The molecule has 0 aliphatic heterocycles. The van der Waals surface area contributed by atoms with Gasteiger partial charge in [0.2, 0.25) is 0 Å². The van der Waals surface area contributed by atoms with E-state index in [4.69, 9.17) is 0 Å². The highest BCUT2D eigenvalue weighted by atomic mass is 14.7. The number of rotatable bonds is 4. The first-order valence-electron chi connectivity index (χ1n) is 7.32. The molecular formula is C21H17N. The van der Waals surface area contributed by atoms with Gasteiger partial charge < -0.3 is 0 Å². The third-order valence-electron chi connectivity index (χ3n) is 3.32. The topological polar surface area (TPSA) is 12.4 Å². The zero-order valence-electron chi connectivity index (χ0n) is 12.3. The van der Waals surface area contributed by atoms with Crippen molar-refractivity contribution in [2.45, 2.75) is 0 Å². The number of benzene rings is 3. The highest BCUT2D eigenvalue weighted by Gasteiger charge is 1.91. The lowest BCUT2D eigenvalue weighted by molar-refractivity contribution is 1.51. The van der Waals surface area contributed by atoms with E-state index < -0.39 is 0 Å². The highest BCUT2D eigenvalue weighted by molar-refractivity contribution is 5.82. The molecule has 0 aliphatic carbocycles. The van der Waals surface area contributed by atoms with E-state index in [1.54, 1.807) is 0 Å². The summed E-state index contributed by atoms with van der Waals surface area (Å²) in [5.74, 6) is 0. The van der Waals surface area contributed by atoms with Gasteiger partial charge in [0, 0.05) is 6.21 Å². The Morgan fingerprint density at radius 1 is 0.500 bits per heavy atom. The van der Waals surface area contributed by atoms with Crippen LogP contribution in [0.5, 0.6) is 0 Å². The van der Waals surface area contributed by atoms with Crippen LogP contribution >= 0.6 is 0 Å². The van der Waals surface area contributed by atoms with Gasteiger partial charge in [-0.2, -0.15) is 0 Å². The van der Waals surface area contributed by atoms with E-state index in [2.05, 4.69) is 41.4 Å². The van der Waals surface area contributed by atoms with Crippen LogP contribution in [-0.2, 0) is 0 Å². The van der Waals surface area contributed by atoms with Gasteiger partial charge in [0.05, 0.1) is 5.69 Å². The SMILES string of the molecule is C(=Cc1ccc(N=Cc2ccccc2)cc1)c1ccccc1. The quantitative estimate of drug-likeness (QED) is 0.436. The lowest BCUT2D eigenvalue weighted by Crippen LogP contribution is -1.78. The van der Waals surface area contributed by atoms with E-state index in [9.17, 15) is 0 Å². The summed E-state index contributed by atoms with van der Waals surface area (Å²) in [7, 11) is 0. The van der Waals surface area contributed by atoms with Gasteiger partial charge in [-0.25, -0.2) is 0 Å². The Labute approximate surface area is 131 Å². The van der Waals surface area contributed by atoms with Crippen molar-refractivity contribution in [3.63, 3.8) is 0 Å². The second-order valence-corrected chi connectivity index (χ2v) is 5.00. The van der Waals surface area contributed by atoms with Crippen LogP contribution in [0.15, 0.2) is 89.9 Å². The van der Waals surface area contributed by atoms with Gasteiger partial charge in [-0.3, -0.25) is 4.99 Å². The molecule has 0 heterocycles. The highest BCUT2D eigenvalue weighted by Crippen LogP contribution is 2.15. The van der Waals surface area contributed by atoms with Gasteiger partial charge in [-0.1, -0.05) is 84.9 Å². The summed E-state index contributed by atoms with van der Waals surface area (Å²) < 4.78 is 0. The summed E-state index contributed by atoms with van der Waals surface area (Å²) in [5, 5.41) is 0. The van der Waals surface area contributed by atoms with Crippen molar-refractivity contribution >= 4 is 24.1 Å². The molecule has 0 amide bonds. The molecule has 0 bridgehead atoms. The zero-order valence-corrected chi connectivity index (χ0v) is 12.3. The zero-order chi connectivity index (χ0) is 15.0. The average Bonchev–Trinajstić information content (AvgIpc) is 2.61. The van der Waals surface area contributed by atoms with Crippen molar-refractivity contribution in [2.75, 3.05) is 0 Å². The van der Waals surface area contributed by atoms with Gasteiger partial charge in [0.15, 0.2) is 0 Å². The molecule has 0 unspecified atom stereocenters. The Balaban J connectivity index is 1.68. The molecule has 0 aromatic heterocycles. The summed E-state index contributed by atoms with van der Waals surface area (Å²) in [5.41, 5.74) is 4.44. The lowest BCUT2D eigenvalue weighted by atomic mass is 10.1. The van der Waals surface area contributed by atoms with Crippen LogP contribution in [0.1, 0.15) is 16.7 Å².